The van der Waals surface area contributed by atoms with E-state index in [4.69, 9.17) is 4.42 Å². The van der Waals surface area contributed by atoms with Crippen LogP contribution in [-0.4, -0.2) is 10.2 Å². The third-order valence-electron chi connectivity index (χ3n) is 1.95. The lowest BCUT2D eigenvalue weighted by atomic mass is 10.3. The minimum atomic E-state index is 0.120. The molecule has 1 atom stereocenters. The zero-order chi connectivity index (χ0) is 11.7. The molecule has 0 spiro atoms. The Kier molecular flexibility index (Phi) is 4.21. The summed E-state index contributed by atoms with van der Waals surface area (Å²) in [7, 11) is 0. The average molecular weight is 431 g/mol. The summed E-state index contributed by atoms with van der Waals surface area (Å²) in [4.78, 5) is 0.120. The minimum Gasteiger partial charge on any atom is -0.419 e. The van der Waals surface area contributed by atoms with Crippen LogP contribution in [0.3, 0.4) is 0 Å². The van der Waals surface area contributed by atoms with Crippen LogP contribution in [-0.2, 0) is 0 Å². The van der Waals surface area contributed by atoms with Gasteiger partial charge in [-0.05, 0) is 44.3 Å². The maximum Gasteiger partial charge on any atom is 0.249 e. The first kappa shape index (κ1) is 12.7. The monoisotopic (exact) mass is 428 g/mol. The lowest BCUT2D eigenvalue weighted by Gasteiger charge is -1.97. The quantitative estimate of drug-likeness (QED) is 0.630. The van der Waals surface area contributed by atoms with Crippen LogP contribution in [0.15, 0.2) is 18.1 Å². The van der Waals surface area contributed by atoms with Gasteiger partial charge in [-0.25, -0.2) is 0 Å². The van der Waals surface area contributed by atoms with E-state index in [0.717, 1.165) is 19.6 Å². The Hall–Kier alpha value is 0.280. The van der Waals surface area contributed by atoms with E-state index in [2.05, 4.69) is 64.9 Å². The second kappa shape index (κ2) is 5.29. The molecular formula is C9H7Br3N2OS. The predicted molar refractivity (Wildman–Crippen MR) is 75.0 cm³/mol. The third kappa shape index (κ3) is 2.57. The summed E-state index contributed by atoms with van der Waals surface area (Å²) < 4.78 is 7.61. The fourth-order valence-electron chi connectivity index (χ4n) is 1.13. The normalized spacial score (nSPS) is 13.0. The summed E-state index contributed by atoms with van der Waals surface area (Å²) >= 11 is 11.9. The van der Waals surface area contributed by atoms with Gasteiger partial charge in [0.05, 0.1) is 18.0 Å². The molecule has 0 aliphatic rings. The number of hydrogen-bond donors (Lipinski definition) is 0. The van der Waals surface area contributed by atoms with Crippen molar-refractivity contribution in [3.8, 4) is 11.5 Å². The first-order valence-corrected chi connectivity index (χ1v) is 7.86. The van der Waals surface area contributed by atoms with Gasteiger partial charge >= 0.3 is 0 Å². The number of nitrogens with zero attached hydrogens (tertiary/aromatic N) is 2. The van der Waals surface area contributed by atoms with E-state index < -0.39 is 0 Å². The maximum absolute atomic E-state index is 5.60. The number of alkyl halides is 1. The molecule has 2 aromatic rings. The zero-order valence-corrected chi connectivity index (χ0v) is 13.8. The largest absolute Gasteiger partial charge is 0.419 e. The SMILES string of the molecule is CCC(Br)c1nnc(-c2cc(Br)sc2Br)o1. The van der Waals surface area contributed by atoms with Gasteiger partial charge in [-0.1, -0.05) is 22.9 Å². The van der Waals surface area contributed by atoms with E-state index in [9.17, 15) is 0 Å². The first-order chi connectivity index (χ1) is 7.61. The second-order valence-electron chi connectivity index (χ2n) is 3.06. The molecule has 16 heavy (non-hydrogen) atoms. The van der Waals surface area contributed by atoms with Gasteiger partial charge in [0.1, 0.15) is 0 Å². The molecule has 0 radical (unpaired) electrons. The third-order valence-corrected chi connectivity index (χ3v) is 5.33. The van der Waals surface area contributed by atoms with Gasteiger partial charge in [-0.3, -0.25) is 0 Å². The van der Waals surface area contributed by atoms with Crippen LogP contribution in [0.1, 0.15) is 24.1 Å². The van der Waals surface area contributed by atoms with Crippen LogP contribution < -0.4 is 0 Å². The summed E-state index contributed by atoms with van der Waals surface area (Å²) in [6, 6.07) is 1.96. The Labute approximate surface area is 122 Å². The van der Waals surface area contributed by atoms with E-state index in [1.54, 1.807) is 11.3 Å². The van der Waals surface area contributed by atoms with Crippen LogP contribution in [0.2, 0.25) is 0 Å². The average Bonchev–Trinajstić information content (AvgIpc) is 2.83. The van der Waals surface area contributed by atoms with E-state index in [-0.39, 0.29) is 4.83 Å². The summed E-state index contributed by atoms with van der Waals surface area (Å²) in [5.74, 6) is 1.16. The summed E-state index contributed by atoms with van der Waals surface area (Å²) in [6.45, 7) is 2.06. The second-order valence-corrected chi connectivity index (χ2v) is 7.91. The van der Waals surface area contributed by atoms with Crippen LogP contribution in [0.5, 0.6) is 0 Å². The predicted octanol–water partition coefficient (Wildman–Crippen LogP) is 5.17. The molecular weight excluding hydrogens is 424 g/mol. The van der Waals surface area contributed by atoms with E-state index >= 15 is 0 Å². The van der Waals surface area contributed by atoms with Crippen LogP contribution >= 0.6 is 59.1 Å². The lowest BCUT2D eigenvalue weighted by Crippen LogP contribution is -1.86. The molecule has 2 heterocycles. The number of hydrogen-bond acceptors (Lipinski definition) is 4. The summed E-state index contributed by atoms with van der Waals surface area (Å²) in [6.07, 6.45) is 0.913. The molecule has 0 N–H and O–H groups in total. The van der Waals surface area contributed by atoms with Crippen molar-refractivity contribution in [3.63, 3.8) is 0 Å². The molecule has 3 nitrogen and oxygen atoms in total. The highest BCUT2D eigenvalue weighted by Gasteiger charge is 2.17. The molecule has 0 amide bonds. The smallest absolute Gasteiger partial charge is 0.249 e. The minimum absolute atomic E-state index is 0.120. The fraction of sp³-hybridized carbons (Fsp3) is 0.333. The van der Waals surface area contributed by atoms with Crippen molar-refractivity contribution < 1.29 is 4.42 Å². The van der Waals surface area contributed by atoms with Crippen molar-refractivity contribution in [1.82, 2.24) is 10.2 Å². The molecule has 0 aliphatic carbocycles. The molecule has 2 aromatic heterocycles. The Morgan fingerprint density at radius 2 is 2.19 bits per heavy atom. The highest BCUT2D eigenvalue weighted by molar-refractivity contribution is 9.12. The van der Waals surface area contributed by atoms with Crippen molar-refractivity contribution in [3.05, 3.63) is 19.5 Å². The first-order valence-electron chi connectivity index (χ1n) is 4.54. The van der Waals surface area contributed by atoms with Crippen molar-refractivity contribution in [2.75, 3.05) is 0 Å². The number of aromatic nitrogens is 2. The standard InChI is InChI=1S/C9H7Br3N2OS/c1-2-5(10)9-14-13-8(15-9)4-3-6(11)16-7(4)12/h3,5H,2H2,1H3. The lowest BCUT2D eigenvalue weighted by molar-refractivity contribution is 0.500. The van der Waals surface area contributed by atoms with Gasteiger partial charge in [0.2, 0.25) is 11.8 Å². The molecule has 1 unspecified atom stereocenters. The summed E-state index contributed by atoms with van der Waals surface area (Å²) in [5.41, 5.74) is 0.923. The topological polar surface area (TPSA) is 38.9 Å². The van der Waals surface area contributed by atoms with Gasteiger partial charge in [0.15, 0.2) is 0 Å². The summed E-state index contributed by atoms with van der Waals surface area (Å²) in [5, 5.41) is 8.06. The van der Waals surface area contributed by atoms with Gasteiger partial charge in [0, 0.05) is 0 Å². The Balaban J connectivity index is 2.35. The van der Waals surface area contributed by atoms with Crippen molar-refractivity contribution in [2.45, 2.75) is 18.2 Å². The van der Waals surface area contributed by atoms with Gasteiger partial charge in [-0.15, -0.1) is 21.5 Å². The molecule has 0 saturated heterocycles. The molecule has 0 bridgehead atoms. The van der Waals surface area contributed by atoms with Gasteiger partial charge < -0.3 is 4.42 Å². The highest BCUT2D eigenvalue weighted by Crippen LogP contribution is 2.38. The zero-order valence-electron chi connectivity index (χ0n) is 8.21. The number of rotatable bonds is 3. The van der Waals surface area contributed by atoms with Crippen molar-refractivity contribution >= 4 is 59.1 Å². The molecule has 7 heteroatoms. The Morgan fingerprint density at radius 3 is 2.75 bits per heavy atom. The number of thiophene rings is 1. The Bertz CT molecular complexity index is 497. The van der Waals surface area contributed by atoms with Crippen molar-refractivity contribution in [1.29, 1.82) is 0 Å². The molecule has 0 fully saturated rings. The van der Waals surface area contributed by atoms with E-state index in [1.165, 1.54) is 0 Å². The highest BCUT2D eigenvalue weighted by atomic mass is 79.9. The van der Waals surface area contributed by atoms with Crippen LogP contribution in [0, 0.1) is 0 Å². The van der Waals surface area contributed by atoms with Crippen molar-refractivity contribution in [2.24, 2.45) is 0 Å². The van der Waals surface area contributed by atoms with Crippen LogP contribution in [0.4, 0.5) is 0 Å². The molecule has 0 saturated carbocycles. The molecule has 2 rings (SSSR count). The fourth-order valence-corrected chi connectivity index (χ4v) is 4.09. The van der Waals surface area contributed by atoms with E-state index in [0.29, 0.717) is 11.8 Å². The van der Waals surface area contributed by atoms with Gasteiger partial charge in [-0.2, -0.15) is 0 Å². The molecule has 0 aliphatic heterocycles. The maximum atomic E-state index is 5.60. The molecule has 86 valence electrons. The van der Waals surface area contributed by atoms with Gasteiger partial charge in [0.25, 0.3) is 0 Å². The van der Waals surface area contributed by atoms with Crippen LogP contribution in [0.25, 0.3) is 11.5 Å². The molecule has 0 aromatic carbocycles. The number of halogens is 3. The van der Waals surface area contributed by atoms with E-state index in [1.807, 2.05) is 6.07 Å². The Morgan fingerprint density at radius 1 is 1.44 bits per heavy atom.